The Kier molecular flexibility index (Phi) is 6.33. The lowest BCUT2D eigenvalue weighted by Crippen LogP contribution is -2.48. The monoisotopic (exact) mass is 489 g/mol. The number of ether oxygens (including phenoxy) is 2. The van der Waals surface area contributed by atoms with Crippen LogP contribution in [0.4, 0.5) is 11.4 Å². The second kappa shape index (κ2) is 9.72. The molecule has 0 radical (unpaired) electrons. The third-order valence-corrected chi connectivity index (χ3v) is 6.34. The Bertz CT molecular complexity index is 1280. The topological polar surface area (TPSA) is 71.1 Å². The first-order valence-corrected chi connectivity index (χ1v) is 11.7. The second-order valence-corrected chi connectivity index (χ2v) is 8.74. The molecular weight excluding hydrogens is 466 g/mol. The summed E-state index contributed by atoms with van der Waals surface area (Å²) in [5.74, 6) is 1.04. The van der Waals surface area contributed by atoms with Crippen molar-refractivity contribution in [3.05, 3.63) is 88.6 Å². The molecule has 2 heterocycles. The average molecular weight is 490 g/mol. The number of hydrogen-bond donors (Lipinski definition) is 1. The minimum absolute atomic E-state index is 0.0704. The number of piperazine rings is 1. The SMILES string of the molecule is COc1ccc(N2CCN(C(=O)c3ccc4c(c3)NC(=O)/C(=C/c3ccc(Cl)cc3)O4)CC2)cc1. The highest BCUT2D eigenvalue weighted by Crippen LogP contribution is 2.33. The molecular formula is C27H24ClN3O4. The van der Waals surface area contributed by atoms with E-state index in [1.54, 1.807) is 55.7 Å². The van der Waals surface area contributed by atoms with Gasteiger partial charge in [0.25, 0.3) is 11.8 Å². The van der Waals surface area contributed by atoms with Gasteiger partial charge in [-0.1, -0.05) is 23.7 Å². The van der Waals surface area contributed by atoms with E-state index in [4.69, 9.17) is 21.1 Å². The number of nitrogens with zero attached hydrogens (tertiary/aromatic N) is 2. The highest BCUT2D eigenvalue weighted by Gasteiger charge is 2.26. The highest BCUT2D eigenvalue weighted by molar-refractivity contribution is 6.30. The zero-order valence-corrected chi connectivity index (χ0v) is 19.9. The number of carbonyl (C=O) groups is 2. The van der Waals surface area contributed by atoms with Crippen molar-refractivity contribution in [2.45, 2.75) is 0 Å². The predicted octanol–water partition coefficient (Wildman–Crippen LogP) is 4.68. The van der Waals surface area contributed by atoms with Crippen LogP contribution in [-0.4, -0.2) is 50.0 Å². The van der Waals surface area contributed by atoms with Gasteiger partial charge in [0.2, 0.25) is 0 Å². The van der Waals surface area contributed by atoms with Crippen LogP contribution in [0.5, 0.6) is 11.5 Å². The molecule has 7 nitrogen and oxygen atoms in total. The molecule has 178 valence electrons. The summed E-state index contributed by atoms with van der Waals surface area (Å²) >= 11 is 5.92. The zero-order chi connectivity index (χ0) is 24.4. The molecule has 3 aromatic rings. The number of anilines is 2. The van der Waals surface area contributed by atoms with Crippen molar-refractivity contribution in [3.63, 3.8) is 0 Å². The van der Waals surface area contributed by atoms with E-state index in [1.165, 1.54) is 0 Å². The summed E-state index contributed by atoms with van der Waals surface area (Å²) in [6, 6.07) is 20.1. The molecule has 1 saturated heterocycles. The van der Waals surface area contributed by atoms with Gasteiger partial charge in [-0.2, -0.15) is 0 Å². The summed E-state index contributed by atoms with van der Waals surface area (Å²) in [5, 5.41) is 3.45. The van der Waals surface area contributed by atoms with Gasteiger partial charge >= 0.3 is 0 Å². The van der Waals surface area contributed by atoms with Gasteiger partial charge in [-0.05, 0) is 66.2 Å². The summed E-state index contributed by atoms with van der Waals surface area (Å²) in [4.78, 5) is 29.8. The van der Waals surface area contributed by atoms with Crippen LogP contribution in [0.1, 0.15) is 15.9 Å². The van der Waals surface area contributed by atoms with E-state index >= 15 is 0 Å². The summed E-state index contributed by atoms with van der Waals surface area (Å²) in [6.07, 6.45) is 1.65. The van der Waals surface area contributed by atoms with Gasteiger partial charge in [0.05, 0.1) is 12.8 Å². The normalized spacial score (nSPS) is 16.4. The van der Waals surface area contributed by atoms with Crippen LogP contribution in [0.3, 0.4) is 0 Å². The molecule has 8 heteroatoms. The molecule has 2 aliphatic heterocycles. The average Bonchev–Trinajstić information content (AvgIpc) is 2.90. The molecule has 0 aliphatic carbocycles. The summed E-state index contributed by atoms with van der Waals surface area (Å²) in [5.41, 5.74) is 2.89. The largest absolute Gasteiger partial charge is 0.497 e. The Hall–Kier alpha value is -3.97. The van der Waals surface area contributed by atoms with Gasteiger partial charge in [-0.25, -0.2) is 0 Å². The molecule has 2 aliphatic rings. The first kappa shape index (κ1) is 22.8. The fraction of sp³-hybridized carbons (Fsp3) is 0.185. The Morgan fingerprint density at radius 2 is 1.71 bits per heavy atom. The molecule has 0 saturated carbocycles. The third-order valence-electron chi connectivity index (χ3n) is 6.09. The Balaban J connectivity index is 1.25. The van der Waals surface area contributed by atoms with Gasteiger partial charge in [0.1, 0.15) is 5.75 Å². The Morgan fingerprint density at radius 1 is 1.00 bits per heavy atom. The van der Waals surface area contributed by atoms with Crippen LogP contribution in [0, 0.1) is 0 Å². The first-order chi connectivity index (χ1) is 17.0. The molecule has 0 aromatic heterocycles. The van der Waals surface area contributed by atoms with Crippen molar-refractivity contribution in [1.82, 2.24) is 4.90 Å². The highest BCUT2D eigenvalue weighted by atomic mass is 35.5. The summed E-state index contributed by atoms with van der Waals surface area (Å²) < 4.78 is 11.0. The van der Waals surface area contributed by atoms with Crippen LogP contribution in [0.25, 0.3) is 6.08 Å². The number of amides is 2. The van der Waals surface area contributed by atoms with Gasteiger partial charge < -0.3 is 24.6 Å². The van der Waals surface area contributed by atoms with E-state index in [2.05, 4.69) is 10.2 Å². The Morgan fingerprint density at radius 3 is 2.40 bits per heavy atom. The minimum atomic E-state index is -0.370. The molecule has 3 aromatic carbocycles. The lowest BCUT2D eigenvalue weighted by molar-refractivity contribution is -0.115. The van der Waals surface area contributed by atoms with Crippen molar-refractivity contribution < 1.29 is 19.1 Å². The van der Waals surface area contributed by atoms with Gasteiger partial charge in [-0.15, -0.1) is 0 Å². The number of rotatable bonds is 4. The smallest absolute Gasteiger partial charge is 0.291 e. The van der Waals surface area contributed by atoms with Gasteiger partial charge in [-0.3, -0.25) is 9.59 Å². The van der Waals surface area contributed by atoms with E-state index in [9.17, 15) is 9.59 Å². The summed E-state index contributed by atoms with van der Waals surface area (Å²) in [7, 11) is 1.65. The number of methoxy groups -OCH3 is 1. The minimum Gasteiger partial charge on any atom is -0.497 e. The van der Waals surface area contributed by atoms with Gasteiger partial charge in [0, 0.05) is 42.5 Å². The molecule has 0 atom stereocenters. The third kappa shape index (κ3) is 4.95. The number of fused-ring (bicyclic) bond motifs is 1. The quantitative estimate of drug-likeness (QED) is 0.539. The van der Waals surface area contributed by atoms with Crippen molar-refractivity contribution in [1.29, 1.82) is 0 Å². The number of nitrogens with one attached hydrogen (secondary N) is 1. The lowest BCUT2D eigenvalue weighted by atomic mass is 10.1. The van der Waals surface area contributed by atoms with Crippen LogP contribution in [0.15, 0.2) is 72.5 Å². The van der Waals surface area contributed by atoms with E-state index < -0.39 is 0 Å². The maximum absolute atomic E-state index is 13.1. The lowest BCUT2D eigenvalue weighted by Gasteiger charge is -2.36. The van der Waals surface area contributed by atoms with E-state index in [-0.39, 0.29) is 17.6 Å². The van der Waals surface area contributed by atoms with Crippen LogP contribution in [-0.2, 0) is 4.79 Å². The molecule has 0 bridgehead atoms. The molecule has 2 amide bonds. The van der Waals surface area contributed by atoms with Crippen molar-refractivity contribution >= 4 is 40.9 Å². The van der Waals surface area contributed by atoms with Crippen molar-refractivity contribution in [2.75, 3.05) is 43.5 Å². The molecule has 5 rings (SSSR count). The Labute approximate surface area is 208 Å². The maximum atomic E-state index is 13.1. The fourth-order valence-electron chi connectivity index (χ4n) is 4.15. The molecule has 35 heavy (non-hydrogen) atoms. The van der Waals surface area contributed by atoms with Crippen molar-refractivity contribution in [2.24, 2.45) is 0 Å². The van der Waals surface area contributed by atoms with E-state index in [0.29, 0.717) is 35.1 Å². The fourth-order valence-corrected chi connectivity index (χ4v) is 4.27. The molecule has 1 N–H and O–H groups in total. The standard InChI is InChI=1S/C27H24ClN3O4/c1-34-22-9-7-21(8-10-22)30-12-14-31(15-13-30)27(33)19-4-11-24-23(17-19)29-26(32)25(35-24)16-18-2-5-20(28)6-3-18/h2-11,16-17H,12-15H2,1H3,(H,29,32)/b25-16-. The first-order valence-electron chi connectivity index (χ1n) is 11.3. The van der Waals surface area contributed by atoms with Gasteiger partial charge in [0.15, 0.2) is 11.5 Å². The van der Waals surface area contributed by atoms with Crippen LogP contribution < -0.4 is 19.7 Å². The second-order valence-electron chi connectivity index (χ2n) is 8.30. The van der Waals surface area contributed by atoms with Crippen LogP contribution in [0.2, 0.25) is 5.02 Å². The summed E-state index contributed by atoms with van der Waals surface area (Å²) in [6.45, 7) is 2.70. The molecule has 0 unspecified atom stereocenters. The van der Waals surface area contributed by atoms with E-state index in [1.807, 2.05) is 29.2 Å². The van der Waals surface area contributed by atoms with Crippen LogP contribution >= 0.6 is 11.6 Å². The van der Waals surface area contributed by atoms with Crippen molar-refractivity contribution in [3.8, 4) is 11.5 Å². The number of carbonyl (C=O) groups excluding carboxylic acids is 2. The molecule has 0 spiro atoms. The zero-order valence-electron chi connectivity index (χ0n) is 19.2. The maximum Gasteiger partial charge on any atom is 0.291 e. The predicted molar refractivity (Wildman–Crippen MR) is 136 cm³/mol. The number of benzene rings is 3. The number of halogens is 1. The van der Waals surface area contributed by atoms with E-state index in [0.717, 1.165) is 30.1 Å². The number of hydrogen-bond acceptors (Lipinski definition) is 5. The molecule has 1 fully saturated rings.